The van der Waals surface area contributed by atoms with E-state index in [2.05, 4.69) is 15.9 Å². The first-order valence-corrected chi connectivity index (χ1v) is 6.25. The van der Waals surface area contributed by atoms with E-state index in [1.165, 1.54) is 0 Å². The molecular formula is C14H9BrO3. The molecule has 2 aromatic rings. The van der Waals surface area contributed by atoms with E-state index >= 15 is 0 Å². The van der Waals surface area contributed by atoms with Crippen LogP contribution in [0.3, 0.4) is 0 Å². The highest BCUT2D eigenvalue weighted by atomic mass is 79.9. The van der Waals surface area contributed by atoms with E-state index in [1.54, 1.807) is 24.3 Å². The lowest BCUT2D eigenvalue weighted by Gasteiger charge is -2.25. The molecular weight excluding hydrogens is 296 g/mol. The van der Waals surface area contributed by atoms with Gasteiger partial charge in [-0.3, -0.25) is 4.79 Å². The predicted molar refractivity (Wildman–Crippen MR) is 70.1 cm³/mol. The van der Waals surface area contributed by atoms with Crippen molar-refractivity contribution in [2.45, 2.75) is 5.92 Å². The fourth-order valence-corrected chi connectivity index (χ4v) is 2.58. The Morgan fingerprint density at radius 1 is 1.11 bits per heavy atom. The largest absolute Gasteiger partial charge is 0.481 e. The van der Waals surface area contributed by atoms with Gasteiger partial charge in [0, 0.05) is 15.6 Å². The first-order valence-electron chi connectivity index (χ1n) is 5.46. The summed E-state index contributed by atoms with van der Waals surface area (Å²) in [5.41, 5.74) is 1.37. The fourth-order valence-electron chi connectivity index (χ4n) is 2.20. The normalized spacial score (nSPS) is 16.4. The number of ether oxygens (including phenoxy) is 1. The molecule has 1 aliphatic heterocycles. The molecule has 1 unspecified atom stereocenters. The number of fused-ring (bicyclic) bond motifs is 2. The third-order valence-corrected chi connectivity index (χ3v) is 3.47. The summed E-state index contributed by atoms with van der Waals surface area (Å²) in [6.07, 6.45) is 0. The van der Waals surface area contributed by atoms with Gasteiger partial charge < -0.3 is 9.84 Å². The Labute approximate surface area is 112 Å². The minimum atomic E-state index is -0.870. The van der Waals surface area contributed by atoms with Gasteiger partial charge in [-0.15, -0.1) is 0 Å². The van der Waals surface area contributed by atoms with Gasteiger partial charge in [0.05, 0.1) is 0 Å². The molecule has 0 spiro atoms. The molecule has 1 atom stereocenters. The lowest BCUT2D eigenvalue weighted by atomic mass is 9.88. The molecule has 0 bridgehead atoms. The third-order valence-electron chi connectivity index (χ3n) is 2.98. The zero-order chi connectivity index (χ0) is 12.7. The lowest BCUT2D eigenvalue weighted by molar-refractivity contribution is -0.137. The smallest absolute Gasteiger partial charge is 0.315 e. The molecule has 0 saturated heterocycles. The molecule has 1 aliphatic rings. The zero-order valence-electron chi connectivity index (χ0n) is 9.26. The number of benzene rings is 2. The summed E-state index contributed by atoms with van der Waals surface area (Å²) in [6.45, 7) is 0. The van der Waals surface area contributed by atoms with Crippen LogP contribution in [-0.4, -0.2) is 11.1 Å². The molecule has 90 valence electrons. The molecule has 3 nitrogen and oxygen atoms in total. The van der Waals surface area contributed by atoms with Crippen molar-refractivity contribution in [2.24, 2.45) is 0 Å². The monoisotopic (exact) mass is 304 g/mol. The molecule has 0 amide bonds. The van der Waals surface area contributed by atoms with Gasteiger partial charge in [0.25, 0.3) is 0 Å². The molecule has 4 heteroatoms. The van der Waals surface area contributed by atoms with Crippen molar-refractivity contribution < 1.29 is 14.6 Å². The minimum Gasteiger partial charge on any atom is -0.481 e. The van der Waals surface area contributed by atoms with Crippen LogP contribution in [0.15, 0.2) is 46.9 Å². The molecule has 0 aromatic heterocycles. The second-order valence-electron chi connectivity index (χ2n) is 4.09. The number of hydrogen-bond acceptors (Lipinski definition) is 2. The number of para-hydroxylation sites is 1. The zero-order valence-corrected chi connectivity index (χ0v) is 10.8. The van der Waals surface area contributed by atoms with Crippen molar-refractivity contribution in [2.75, 3.05) is 0 Å². The summed E-state index contributed by atoms with van der Waals surface area (Å²) in [7, 11) is 0. The number of carboxylic acids is 1. The second kappa shape index (κ2) is 4.14. The number of rotatable bonds is 1. The van der Waals surface area contributed by atoms with Crippen LogP contribution in [0.2, 0.25) is 0 Å². The molecule has 1 heterocycles. The number of aliphatic carboxylic acids is 1. The minimum absolute atomic E-state index is 0.601. The molecule has 0 saturated carbocycles. The molecule has 0 fully saturated rings. The Balaban J connectivity index is 2.24. The van der Waals surface area contributed by atoms with Crippen LogP contribution in [0.25, 0.3) is 0 Å². The van der Waals surface area contributed by atoms with Gasteiger partial charge >= 0.3 is 5.97 Å². The van der Waals surface area contributed by atoms with E-state index in [4.69, 9.17) is 4.74 Å². The van der Waals surface area contributed by atoms with Crippen molar-refractivity contribution >= 4 is 21.9 Å². The predicted octanol–water partition coefficient (Wildman–Crippen LogP) is 3.77. The van der Waals surface area contributed by atoms with Gasteiger partial charge in [0.1, 0.15) is 17.4 Å². The van der Waals surface area contributed by atoms with Gasteiger partial charge in [-0.1, -0.05) is 34.1 Å². The Bertz CT molecular complexity index is 637. The van der Waals surface area contributed by atoms with Gasteiger partial charge in [-0.2, -0.15) is 0 Å². The third kappa shape index (κ3) is 1.69. The van der Waals surface area contributed by atoms with Crippen molar-refractivity contribution in [3.05, 3.63) is 58.1 Å². The average Bonchev–Trinajstić information content (AvgIpc) is 2.35. The standard InChI is InChI=1S/C14H9BrO3/c15-8-5-6-12-10(7-8)13(14(16)17)9-3-1-2-4-11(9)18-12/h1-7,13H,(H,16,17). The van der Waals surface area contributed by atoms with Gasteiger partial charge in [0.15, 0.2) is 0 Å². The van der Waals surface area contributed by atoms with E-state index in [0.717, 1.165) is 4.47 Å². The van der Waals surface area contributed by atoms with Crippen LogP contribution in [0, 0.1) is 0 Å². The van der Waals surface area contributed by atoms with E-state index in [9.17, 15) is 9.90 Å². The first kappa shape index (κ1) is 11.3. The molecule has 1 N–H and O–H groups in total. The maximum Gasteiger partial charge on any atom is 0.315 e. The second-order valence-corrected chi connectivity index (χ2v) is 5.01. The van der Waals surface area contributed by atoms with Crippen molar-refractivity contribution in [1.29, 1.82) is 0 Å². The highest BCUT2D eigenvalue weighted by Crippen LogP contribution is 2.44. The van der Waals surface area contributed by atoms with E-state index < -0.39 is 11.9 Å². The van der Waals surface area contributed by atoms with Crippen LogP contribution in [-0.2, 0) is 4.79 Å². The summed E-state index contributed by atoms with van der Waals surface area (Å²) in [4.78, 5) is 11.5. The van der Waals surface area contributed by atoms with E-state index in [1.807, 2.05) is 18.2 Å². The Morgan fingerprint density at radius 2 is 1.83 bits per heavy atom. The van der Waals surface area contributed by atoms with Crippen LogP contribution < -0.4 is 4.74 Å². The molecule has 2 aromatic carbocycles. The highest BCUT2D eigenvalue weighted by Gasteiger charge is 2.32. The lowest BCUT2D eigenvalue weighted by Crippen LogP contribution is -2.18. The Morgan fingerprint density at radius 3 is 2.61 bits per heavy atom. The molecule has 0 aliphatic carbocycles. The molecule has 3 rings (SSSR count). The van der Waals surface area contributed by atoms with Gasteiger partial charge in [0.2, 0.25) is 0 Å². The summed E-state index contributed by atoms with van der Waals surface area (Å²) in [5.74, 6) is -0.337. The van der Waals surface area contributed by atoms with Crippen LogP contribution in [0.4, 0.5) is 0 Å². The van der Waals surface area contributed by atoms with E-state index in [0.29, 0.717) is 22.6 Å². The van der Waals surface area contributed by atoms with Gasteiger partial charge in [-0.05, 0) is 24.3 Å². The Kier molecular flexibility index (Phi) is 2.59. The topological polar surface area (TPSA) is 46.5 Å². The van der Waals surface area contributed by atoms with Crippen LogP contribution in [0.5, 0.6) is 11.5 Å². The SMILES string of the molecule is O=C(O)C1c2ccccc2Oc2ccc(Br)cc21. The first-order chi connectivity index (χ1) is 8.66. The summed E-state index contributed by atoms with van der Waals surface area (Å²) in [5, 5.41) is 9.45. The highest BCUT2D eigenvalue weighted by molar-refractivity contribution is 9.10. The summed E-state index contributed by atoms with van der Waals surface area (Å²) >= 11 is 3.36. The number of hydrogen-bond donors (Lipinski definition) is 1. The summed E-state index contributed by atoms with van der Waals surface area (Å²) in [6, 6.07) is 12.7. The van der Waals surface area contributed by atoms with Crippen LogP contribution in [0.1, 0.15) is 17.0 Å². The number of halogens is 1. The molecule has 18 heavy (non-hydrogen) atoms. The fraction of sp³-hybridized carbons (Fsp3) is 0.0714. The van der Waals surface area contributed by atoms with Crippen molar-refractivity contribution in [1.82, 2.24) is 0 Å². The quantitative estimate of drug-likeness (QED) is 0.872. The van der Waals surface area contributed by atoms with E-state index in [-0.39, 0.29) is 0 Å². The summed E-state index contributed by atoms with van der Waals surface area (Å²) < 4.78 is 6.57. The maximum absolute atomic E-state index is 11.5. The van der Waals surface area contributed by atoms with Gasteiger partial charge in [-0.25, -0.2) is 0 Å². The number of carbonyl (C=O) groups is 1. The van der Waals surface area contributed by atoms with Crippen LogP contribution >= 0.6 is 15.9 Å². The molecule has 0 radical (unpaired) electrons. The Hall–Kier alpha value is -1.81. The average molecular weight is 305 g/mol. The maximum atomic E-state index is 11.5. The van der Waals surface area contributed by atoms with Crippen molar-refractivity contribution in [3.63, 3.8) is 0 Å². The van der Waals surface area contributed by atoms with Crippen molar-refractivity contribution in [3.8, 4) is 11.5 Å². The number of carboxylic acid groups (broad SMARTS) is 1.